The van der Waals surface area contributed by atoms with Crippen LogP contribution in [0, 0.1) is 0 Å². The highest BCUT2D eigenvalue weighted by Crippen LogP contribution is 2.30. The van der Waals surface area contributed by atoms with E-state index in [-0.39, 0.29) is 12.3 Å². The van der Waals surface area contributed by atoms with Crippen LogP contribution >= 0.6 is 22.9 Å². The lowest BCUT2D eigenvalue weighted by Gasteiger charge is -2.28. The number of likely N-dealkylation sites (N-methyl/N-ethyl adjacent to an activating group) is 1. The minimum absolute atomic E-state index is 0.00389. The predicted molar refractivity (Wildman–Crippen MR) is 76.4 cm³/mol. The lowest BCUT2D eigenvalue weighted by atomic mass is 10.0. The third-order valence-corrected chi connectivity index (χ3v) is 4.70. The minimum Gasteiger partial charge on any atom is -0.388 e. The molecule has 1 saturated carbocycles. The molecule has 1 fully saturated rings. The number of halogens is 1. The fourth-order valence-electron chi connectivity index (χ4n) is 2.48. The summed E-state index contributed by atoms with van der Waals surface area (Å²) >= 11 is 7.14. The maximum atomic E-state index is 12.1. The summed E-state index contributed by atoms with van der Waals surface area (Å²) in [7, 11) is 1.74. The van der Waals surface area contributed by atoms with Crippen LogP contribution in [0.25, 0.3) is 0 Å². The van der Waals surface area contributed by atoms with E-state index >= 15 is 0 Å². The van der Waals surface area contributed by atoms with Gasteiger partial charge < -0.3 is 10.0 Å². The van der Waals surface area contributed by atoms with Crippen molar-refractivity contribution >= 4 is 28.8 Å². The number of hydrogen-bond donors (Lipinski definition) is 1. The summed E-state index contributed by atoms with van der Waals surface area (Å²) in [5, 5.41) is 13.0. The van der Waals surface area contributed by atoms with Gasteiger partial charge in [-0.3, -0.25) is 4.79 Å². The molecule has 1 aromatic rings. The van der Waals surface area contributed by atoms with Crippen molar-refractivity contribution < 1.29 is 9.90 Å². The summed E-state index contributed by atoms with van der Waals surface area (Å²) in [6.45, 7) is 0.416. The molecule has 0 spiro atoms. The van der Waals surface area contributed by atoms with Crippen LogP contribution in [0.3, 0.4) is 0 Å². The highest BCUT2D eigenvalue weighted by molar-refractivity contribution is 7.09. The van der Waals surface area contributed by atoms with Crippen molar-refractivity contribution in [3.63, 3.8) is 0 Å². The van der Waals surface area contributed by atoms with Gasteiger partial charge in [-0.2, -0.15) is 0 Å². The molecule has 0 atom stereocenters. The summed E-state index contributed by atoms with van der Waals surface area (Å²) in [5.41, 5.74) is 0.126. The average Bonchev–Trinajstić information content (AvgIpc) is 2.98. The summed E-state index contributed by atoms with van der Waals surface area (Å²) < 4.78 is 0. The summed E-state index contributed by atoms with van der Waals surface area (Å²) in [6.07, 6.45) is 3.96. The molecule has 6 heteroatoms. The van der Waals surface area contributed by atoms with Gasteiger partial charge in [-0.25, -0.2) is 4.98 Å². The quantitative estimate of drug-likeness (QED) is 0.848. The van der Waals surface area contributed by atoms with Crippen molar-refractivity contribution in [3.05, 3.63) is 16.1 Å². The number of nitrogens with zero attached hydrogens (tertiary/aromatic N) is 2. The zero-order valence-electron chi connectivity index (χ0n) is 11.1. The van der Waals surface area contributed by atoms with Crippen LogP contribution in [0.15, 0.2) is 5.38 Å². The Morgan fingerprint density at radius 3 is 2.84 bits per heavy atom. The van der Waals surface area contributed by atoms with Gasteiger partial charge in [0.1, 0.15) is 5.01 Å². The first-order chi connectivity index (χ1) is 9.02. The van der Waals surface area contributed by atoms with Gasteiger partial charge in [0.2, 0.25) is 5.91 Å². The van der Waals surface area contributed by atoms with Gasteiger partial charge >= 0.3 is 0 Å². The van der Waals surface area contributed by atoms with E-state index in [4.69, 9.17) is 11.6 Å². The van der Waals surface area contributed by atoms with Crippen LogP contribution in [0.4, 0.5) is 0 Å². The molecule has 0 unspecified atom stereocenters. The van der Waals surface area contributed by atoms with Gasteiger partial charge in [0, 0.05) is 19.0 Å². The van der Waals surface area contributed by atoms with Gasteiger partial charge in [-0.05, 0) is 12.8 Å². The van der Waals surface area contributed by atoms with E-state index in [9.17, 15) is 9.90 Å². The molecule has 1 aliphatic carbocycles. The lowest BCUT2D eigenvalue weighted by Crippen LogP contribution is -2.42. The normalized spacial score (nSPS) is 17.6. The minimum atomic E-state index is -0.686. The van der Waals surface area contributed by atoms with Crippen molar-refractivity contribution in [3.8, 4) is 0 Å². The molecule has 1 aromatic heterocycles. The summed E-state index contributed by atoms with van der Waals surface area (Å²) in [5.74, 6) is 0.371. The number of carbonyl (C=O) groups excluding carboxylic acids is 1. The molecule has 1 aliphatic rings. The third kappa shape index (κ3) is 3.91. The second-order valence-electron chi connectivity index (χ2n) is 5.22. The number of hydrogen-bond acceptors (Lipinski definition) is 4. The highest BCUT2D eigenvalue weighted by Gasteiger charge is 2.33. The first kappa shape index (κ1) is 14.8. The average molecular weight is 303 g/mol. The number of alkyl halides is 1. The van der Waals surface area contributed by atoms with Crippen molar-refractivity contribution in [2.45, 2.75) is 43.6 Å². The van der Waals surface area contributed by atoms with Crippen LogP contribution in [0.5, 0.6) is 0 Å². The van der Waals surface area contributed by atoms with Gasteiger partial charge in [0.05, 0.1) is 23.6 Å². The molecule has 0 saturated heterocycles. The van der Waals surface area contributed by atoms with E-state index < -0.39 is 5.60 Å². The van der Waals surface area contributed by atoms with Crippen LogP contribution in [0.2, 0.25) is 0 Å². The van der Waals surface area contributed by atoms with E-state index in [1.165, 1.54) is 11.3 Å². The zero-order chi connectivity index (χ0) is 13.9. The molecule has 1 N–H and O–H groups in total. The molecule has 1 amide bonds. The molecule has 0 aromatic carbocycles. The molecule has 0 radical (unpaired) electrons. The van der Waals surface area contributed by atoms with Crippen LogP contribution in [0.1, 0.15) is 36.4 Å². The number of amides is 1. The fraction of sp³-hybridized carbons (Fsp3) is 0.692. The maximum absolute atomic E-state index is 12.1. The Hall–Kier alpha value is -0.650. The number of rotatable bonds is 5. The SMILES string of the molecule is CN(CC1(O)CCCC1)C(=O)Cc1nc(CCl)cs1. The molecule has 0 aliphatic heterocycles. The highest BCUT2D eigenvalue weighted by atomic mass is 35.5. The van der Waals surface area contributed by atoms with Gasteiger partial charge in [0.15, 0.2) is 0 Å². The first-order valence-corrected chi connectivity index (χ1v) is 7.89. The van der Waals surface area contributed by atoms with Crippen LogP contribution in [-0.2, 0) is 17.1 Å². The molecular weight excluding hydrogens is 284 g/mol. The lowest BCUT2D eigenvalue weighted by molar-refractivity contribution is -0.132. The first-order valence-electron chi connectivity index (χ1n) is 6.48. The Morgan fingerprint density at radius 2 is 2.26 bits per heavy atom. The molecule has 0 bridgehead atoms. The largest absolute Gasteiger partial charge is 0.388 e. The van der Waals surface area contributed by atoms with Crippen molar-refractivity contribution in [1.29, 1.82) is 0 Å². The molecular formula is C13H19ClN2O2S. The van der Waals surface area contributed by atoms with Crippen LogP contribution in [-0.4, -0.2) is 40.1 Å². The van der Waals surface area contributed by atoms with Crippen LogP contribution < -0.4 is 0 Å². The third-order valence-electron chi connectivity index (χ3n) is 3.53. The van der Waals surface area contributed by atoms with E-state index in [1.54, 1.807) is 11.9 Å². The fourth-order valence-corrected chi connectivity index (χ4v) is 3.49. The Balaban J connectivity index is 1.88. The number of aromatic nitrogens is 1. The summed E-state index contributed by atoms with van der Waals surface area (Å²) in [4.78, 5) is 18.0. The zero-order valence-corrected chi connectivity index (χ0v) is 12.6. The summed E-state index contributed by atoms with van der Waals surface area (Å²) in [6, 6.07) is 0. The van der Waals surface area contributed by atoms with E-state index in [1.807, 2.05) is 5.38 Å². The topological polar surface area (TPSA) is 53.4 Å². The number of thiazole rings is 1. The standard InChI is InChI=1S/C13H19ClN2O2S/c1-16(9-13(18)4-2-3-5-13)12(17)6-11-15-10(7-14)8-19-11/h8,18H,2-7,9H2,1H3. The number of carbonyl (C=O) groups is 1. The molecule has 2 rings (SSSR count). The smallest absolute Gasteiger partial charge is 0.229 e. The van der Waals surface area contributed by atoms with E-state index in [0.29, 0.717) is 12.4 Å². The molecule has 19 heavy (non-hydrogen) atoms. The van der Waals surface area contributed by atoms with E-state index in [2.05, 4.69) is 4.98 Å². The van der Waals surface area contributed by atoms with Crippen molar-refractivity contribution in [2.75, 3.05) is 13.6 Å². The van der Waals surface area contributed by atoms with Gasteiger partial charge in [-0.1, -0.05) is 12.8 Å². The Labute approximate surface area is 122 Å². The van der Waals surface area contributed by atoms with Gasteiger partial charge in [-0.15, -0.1) is 22.9 Å². The van der Waals surface area contributed by atoms with Crippen molar-refractivity contribution in [1.82, 2.24) is 9.88 Å². The molecule has 4 nitrogen and oxygen atoms in total. The monoisotopic (exact) mass is 302 g/mol. The second-order valence-corrected chi connectivity index (χ2v) is 6.43. The number of aliphatic hydroxyl groups is 1. The van der Waals surface area contributed by atoms with Crippen molar-refractivity contribution in [2.24, 2.45) is 0 Å². The Bertz CT molecular complexity index is 444. The Morgan fingerprint density at radius 1 is 1.58 bits per heavy atom. The molecule has 106 valence electrons. The van der Waals surface area contributed by atoms with Gasteiger partial charge in [0.25, 0.3) is 0 Å². The predicted octanol–water partition coefficient (Wildman–Crippen LogP) is 2.19. The van der Waals surface area contributed by atoms with E-state index in [0.717, 1.165) is 36.4 Å². The Kier molecular flexibility index (Phi) is 4.81. The molecule has 1 heterocycles. The maximum Gasteiger partial charge on any atom is 0.229 e. The second kappa shape index (κ2) is 6.20.